The molecule has 1 aliphatic heterocycles. The van der Waals surface area contributed by atoms with Crippen LogP contribution in [-0.4, -0.2) is 8.42 Å². The summed E-state index contributed by atoms with van der Waals surface area (Å²) >= 11 is 5.05. The fourth-order valence-corrected chi connectivity index (χ4v) is 5.96. The Morgan fingerprint density at radius 2 is 1.70 bits per heavy atom. The van der Waals surface area contributed by atoms with Crippen molar-refractivity contribution < 1.29 is 8.42 Å². The van der Waals surface area contributed by atoms with E-state index in [0.717, 1.165) is 25.5 Å². The first-order chi connectivity index (χ1) is 11.1. The number of hydrogen-bond donors (Lipinski definition) is 0. The molecule has 6 heteroatoms. The molecule has 0 aliphatic carbocycles. The first-order valence-electron chi connectivity index (χ1n) is 7.03. The Morgan fingerprint density at radius 3 is 2.48 bits per heavy atom. The molecule has 23 heavy (non-hydrogen) atoms. The second kappa shape index (κ2) is 5.47. The third kappa shape index (κ3) is 2.41. The van der Waals surface area contributed by atoms with Crippen LogP contribution in [0, 0.1) is 0 Å². The Bertz CT molecular complexity index is 981. The molecule has 0 unspecified atom stereocenters. The van der Waals surface area contributed by atoms with Gasteiger partial charge in [0.1, 0.15) is 0 Å². The predicted octanol–water partition coefficient (Wildman–Crippen LogP) is 4.89. The minimum atomic E-state index is -3.59. The largest absolute Gasteiger partial charge is 0.264 e. The zero-order valence-electron chi connectivity index (χ0n) is 11.9. The highest BCUT2D eigenvalue weighted by atomic mass is 79.9. The van der Waals surface area contributed by atoms with Crippen molar-refractivity contribution in [2.45, 2.75) is 11.4 Å². The van der Waals surface area contributed by atoms with Crippen LogP contribution in [0.3, 0.4) is 0 Å². The molecule has 0 atom stereocenters. The van der Waals surface area contributed by atoms with Crippen molar-refractivity contribution in [3.63, 3.8) is 0 Å². The van der Waals surface area contributed by atoms with Gasteiger partial charge in [-0.1, -0.05) is 42.5 Å². The second-order valence-corrected chi connectivity index (χ2v) is 9.54. The molecule has 0 fully saturated rings. The van der Waals surface area contributed by atoms with Crippen LogP contribution in [0.5, 0.6) is 0 Å². The molecule has 2 aromatic carbocycles. The van der Waals surface area contributed by atoms with E-state index in [-0.39, 0.29) is 0 Å². The molecule has 0 saturated carbocycles. The first kappa shape index (κ1) is 14.9. The van der Waals surface area contributed by atoms with Gasteiger partial charge in [-0.05, 0) is 45.3 Å². The molecular formula is C17H12BrNO2S2. The van der Waals surface area contributed by atoms with Crippen LogP contribution in [0.4, 0.5) is 5.69 Å². The van der Waals surface area contributed by atoms with E-state index in [9.17, 15) is 8.42 Å². The molecule has 1 aliphatic rings. The predicted molar refractivity (Wildman–Crippen MR) is 97.3 cm³/mol. The van der Waals surface area contributed by atoms with E-state index in [1.54, 1.807) is 35.6 Å². The van der Waals surface area contributed by atoms with Gasteiger partial charge in [-0.3, -0.25) is 4.31 Å². The van der Waals surface area contributed by atoms with Crippen molar-refractivity contribution in [3.05, 3.63) is 70.0 Å². The summed E-state index contributed by atoms with van der Waals surface area (Å²) < 4.78 is 28.6. The van der Waals surface area contributed by atoms with Crippen LogP contribution in [0.2, 0.25) is 0 Å². The number of anilines is 1. The highest BCUT2D eigenvalue weighted by molar-refractivity contribution is 9.11. The Morgan fingerprint density at radius 1 is 1.00 bits per heavy atom. The van der Waals surface area contributed by atoms with E-state index in [0.29, 0.717) is 11.4 Å². The molecule has 2 heterocycles. The zero-order valence-corrected chi connectivity index (χ0v) is 15.2. The number of sulfonamides is 1. The van der Waals surface area contributed by atoms with Crippen LogP contribution in [0.1, 0.15) is 5.56 Å². The summed E-state index contributed by atoms with van der Waals surface area (Å²) in [5, 5.41) is 0. The average Bonchev–Trinajstić information content (AvgIpc) is 2.96. The summed E-state index contributed by atoms with van der Waals surface area (Å²) in [6, 6.07) is 18.4. The smallest absolute Gasteiger partial charge is 0.260 e. The van der Waals surface area contributed by atoms with Crippen molar-refractivity contribution in [1.82, 2.24) is 0 Å². The lowest BCUT2D eigenvalue weighted by Gasteiger charge is -2.29. The topological polar surface area (TPSA) is 37.4 Å². The minimum absolute atomic E-state index is 0.313. The van der Waals surface area contributed by atoms with E-state index in [1.807, 2.05) is 36.4 Å². The van der Waals surface area contributed by atoms with Gasteiger partial charge in [-0.25, -0.2) is 8.42 Å². The van der Waals surface area contributed by atoms with Gasteiger partial charge in [0, 0.05) is 0 Å². The molecule has 4 rings (SSSR count). The third-order valence-corrected chi connectivity index (χ3v) is 7.29. The zero-order chi connectivity index (χ0) is 16.0. The summed E-state index contributed by atoms with van der Waals surface area (Å²) in [5.41, 5.74) is 2.87. The first-order valence-corrected chi connectivity index (χ1v) is 10.1. The molecule has 0 saturated heterocycles. The molecule has 3 nitrogen and oxygen atoms in total. The standard InChI is InChI=1S/C17H12BrNO2S2/c18-16-10-15-17(22-16)14-9-5-4-6-12(14)11-19(15)23(20,21)13-7-2-1-3-8-13/h1-10H,11H2. The van der Waals surface area contributed by atoms with E-state index >= 15 is 0 Å². The van der Waals surface area contributed by atoms with Crippen molar-refractivity contribution >= 4 is 43.0 Å². The fraction of sp³-hybridized carbons (Fsp3) is 0.0588. The van der Waals surface area contributed by atoms with Gasteiger partial charge in [-0.15, -0.1) is 11.3 Å². The molecule has 0 radical (unpaired) electrons. The van der Waals surface area contributed by atoms with Crippen molar-refractivity contribution in [2.75, 3.05) is 4.31 Å². The molecule has 3 aromatic rings. The van der Waals surface area contributed by atoms with Gasteiger partial charge < -0.3 is 0 Å². The highest BCUT2D eigenvalue weighted by Crippen LogP contribution is 2.47. The Hall–Kier alpha value is -1.63. The Kier molecular flexibility index (Phi) is 3.55. The number of hydrogen-bond acceptors (Lipinski definition) is 3. The Balaban J connectivity index is 1.92. The van der Waals surface area contributed by atoms with E-state index in [4.69, 9.17) is 0 Å². The molecule has 0 spiro atoms. The SMILES string of the molecule is O=S(=O)(c1ccccc1)N1Cc2ccccc2-c2sc(Br)cc21. The van der Waals surface area contributed by atoms with Gasteiger partial charge in [0.25, 0.3) is 10.0 Å². The summed E-state index contributed by atoms with van der Waals surface area (Å²) in [7, 11) is -3.59. The van der Waals surface area contributed by atoms with Crippen LogP contribution in [0.15, 0.2) is 69.3 Å². The molecular weight excluding hydrogens is 394 g/mol. The molecule has 0 N–H and O–H groups in total. The van der Waals surface area contributed by atoms with Gasteiger partial charge in [0.05, 0.1) is 25.8 Å². The number of thiophene rings is 1. The summed E-state index contributed by atoms with van der Waals surface area (Å²) in [6.07, 6.45) is 0. The lowest BCUT2D eigenvalue weighted by molar-refractivity contribution is 0.590. The maximum Gasteiger partial charge on any atom is 0.264 e. The van der Waals surface area contributed by atoms with E-state index in [2.05, 4.69) is 15.9 Å². The molecule has 1 aromatic heterocycles. The average molecular weight is 406 g/mol. The van der Waals surface area contributed by atoms with Crippen molar-refractivity contribution in [3.8, 4) is 10.4 Å². The van der Waals surface area contributed by atoms with E-state index in [1.165, 1.54) is 4.31 Å². The maximum absolute atomic E-state index is 13.1. The number of rotatable bonds is 2. The van der Waals surface area contributed by atoms with Gasteiger partial charge in [0.2, 0.25) is 0 Å². The quantitative estimate of drug-likeness (QED) is 0.608. The van der Waals surface area contributed by atoms with Gasteiger partial charge in [0.15, 0.2) is 0 Å². The molecule has 116 valence electrons. The normalized spacial score (nSPS) is 13.5. The summed E-state index contributed by atoms with van der Waals surface area (Å²) in [4.78, 5) is 1.30. The van der Waals surface area contributed by atoms with Crippen LogP contribution in [-0.2, 0) is 16.6 Å². The van der Waals surface area contributed by atoms with E-state index < -0.39 is 10.0 Å². The summed E-state index contributed by atoms with van der Waals surface area (Å²) in [5.74, 6) is 0. The highest BCUT2D eigenvalue weighted by Gasteiger charge is 2.33. The number of halogens is 1. The number of nitrogens with zero attached hydrogens (tertiary/aromatic N) is 1. The van der Waals surface area contributed by atoms with Crippen LogP contribution in [0.25, 0.3) is 10.4 Å². The maximum atomic E-state index is 13.1. The van der Waals surface area contributed by atoms with Crippen LogP contribution < -0.4 is 4.31 Å². The fourth-order valence-electron chi connectivity index (χ4n) is 2.78. The lowest BCUT2D eigenvalue weighted by atomic mass is 10.0. The lowest BCUT2D eigenvalue weighted by Crippen LogP contribution is -2.32. The number of fused-ring (bicyclic) bond motifs is 3. The van der Waals surface area contributed by atoms with Crippen molar-refractivity contribution in [2.24, 2.45) is 0 Å². The second-order valence-electron chi connectivity index (χ2n) is 5.25. The van der Waals surface area contributed by atoms with Gasteiger partial charge >= 0.3 is 0 Å². The Labute approximate surface area is 147 Å². The number of benzene rings is 2. The van der Waals surface area contributed by atoms with Crippen molar-refractivity contribution in [1.29, 1.82) is 0 Å². The van der Waals surface area contributed by atoms with Crippen LogP contribution >= 0.6 is 27.3 Å². The molecule has 0 bridgehead atoms. The molecule has 0 amide bonds. The monoisotopic (exact) mass is 405 g/mol. The third-order valence-electron chi connectivity index (χ3n) is 3.86. The summed E-state index contributed by atoms with van der Waals surface area (Å²) in [6.45, 7) is 0.351. The minimum Gasteiger partial charge on any atom is -0.260 e. The van der Waals surface area contributed by atoms with Gasteiger partial charge in [-0.2, -0.15) is 0 Å².